The monoisotopic (exact) mass is 390 g/mol. The molecule has 0 aliphatic carbocycles. The Morgan fingerprint density at radius 2 is 1.96 bits per heavy atom. The number of methoxy groups -OCH3 is 1. The van der Waals surface area contributed by atoms with Crippen LogP contribution in [0.25, 0.3) is 0 Å². The number of benzene rings is 1. The molecule has 2 fully saturated rings. The van der Waals surface area contributed by atoms with E-state index in [1.165, 1.54) is 12.7 Å². The van der Waals surface area contributed by atoms with Crippen LogP contribution >= 0.6 is 0 Å². The summed E-state index contributed by atoms with van der Waals surface area (Å²) in [5.74, 6) is -0.375. The van der Waals surface area contributed by atoms with Gasteiger partial charge in [0.1, 0.15) is 0 Å². The largest absolute Gasteiger partial charge is 0.469 e. The van der Waals surface area contributed by atoms with Crippen LogP contribution in [0.2, 0.25) is 0 Å². The number of hydrogen-bond donors (Lipinski definition) is 1. The predicted molar refractivity (Wildman–Crippen MR) is 104 cm³/mol. The molecule has 2 aliphatic rings. The topological polar surface area (TPSA) is 77.1 Å². The Bertz CT molecular complexity index is 645. The average Bonchev–Trinajstić information content (AvgIpc) is 2.73. The third-order valence-corrected chi connectivity index (χ3v) is 5.58. The van der Waals surface area contributed by atoms with Crippen molar-refractivity contribution in [2.24, 2.45) is 5.41 Å². The van der Waals surface area contributed by atoms with Crippen LogP contribution in [-0.4, -0.2) is 69.4 Å². The number of carbonyl (C=O) groups excluding carboxylic acids is 2. The lowest BCUT2D eigenvalue weighted by atomic mass is 9.80. The standard InChI is InChI=1S/C21H30N2O5/c1-26-20(25)21(7-10-27-11-8-21)16-22-19(24)13-18-15-23(9-12-28-18)14-17-5-3-2-4-6-17/h2-6,18H,7-16H2,1H3,(H,22,24). The highest BCUT2D eigenvalue weighted by molar-refractivity contribution is 5.80. The van der Waals surface area contributed by atoms with Crippen molar-refractivity contribution in [1.82, 2.24) is 10.2 Å². The fourth-order valence-corrected chi connectivity index (χ4v) is 3.87. The third kappa shape index (κ3) is 5.53. The van der Waals surface area contributed by atoms with Crippen molar-refractivity contribution >= 4 is 11.9 Å². The third-order valence-electron chi connectivity index (χ3n) is 5.58. The number of rotatable bonds is 7. The minimum Gasteiger partial charge on any atom is -0.469 e. The lowest BCUT2D eigenvalue weighted by molar-refractivity contribution is -0.158. The van der Waals surface area contributed by atoms with Crippen LogP contribution in [-0.2, 0) is 30.3 Å². The Balaban J connectivity index is 1.47. The van der Waals surface area contributed by atoms with E-state index >= 15 is 0 Å². The maximum atomic E-state index is 12.5. The molecule has 2 saturated heterocycles. The minimum absolute atomic E-state index is 0.0960. The zero-order valence-electron chi connectivity index (χ0n) is 16.5. The molecule has 7 nitrogen and oxygen atoms in total. The van der Waals surface area contributed by atoms with Gasteiger partial charge in [0.2, 0.25) is 5.91 Å². The van der Waals surface area contributed by atoms with Gasteiger partial charge in [-0.3, -0.25) is 14.5 Å². The summed E-state index contributed by atoms with van der Waals surface area (Å²) in [5.41, 5.74) is 0.572. The van der Waals surface area contributed by atoms with Crippen LogP contribution in [0.5, 0.6) is 0 Å². The Morgan fingerprint density at radius 3 is 2.68 bits per heavy atom. The number of nitrogens with zero attached hydrogens (tertiary/aromatic N) is 1. The summed E-state index contributed by atoms with van der Waals surface area (Å²) < 4.78 is 16.1. The molecule has 2 heterocycles. The van der Waals surface area contributed by atoms with E-state index < -0.39 is 5.41 Å². The van der Waals surface area contributed by atoms with E-state index in [4.69, 9.17) is 14.2 Å². The lowest BCUT2D eigenvalue weighted by Crippen LogP contribution is -2.48. The highest BCUT2D eigenvalue weighted by Gasteiger charge is 2.41. The predicted octanol–water partition coefficient (Wildman–Crippen LogP) is 1.36. The van der Waals surface area contributed by atoms with Crippen LogP contribution in [0, 0.1) is 5.41 Å². The molecular formula is C21H30N2O5. The van der Waals surface area contributed by atoms with E-state index in [1.54, 1.807) is 0 Å². The number of nitrogens with one attached hydrogen (secondary N) is 1. The molecule has 0 aromatic heterocycles. The number of amides is 1. The molecule has 0 spiro atoms. The molecule has 0 radical (unpaired) electrons. The Kier molecular flexibility index (Phi) is 7.42. The molecule has 28 heavy (non-hydrogen) atoms. The van der Waals surface area contributed by atoms with E-state index in [-0.39, 0.29) is 24.5 Å². The smallest absolute Gasteiger partial charge is 0.313 e. The molecule has 1 aromatic rings. The summed E-state index contributed by atoms with van der Waals surface area (Å²) >= 11 is 0. The van der Waals surface area contributed by atoms with Crippen molar-refractivity contribution in [3.63, 3.8) is 0 Å². The first kappa shape index (κ1) is 20.8. The van der Waals surface area contributed by atoms with Gasteiger partial charge in [-0.15, -0.1) is 0 Å². The summed E-state index contributed by atoms with van der Waals surface area (Å²) in [6.07, 6.45) is 1.27. The number of carbonyl (C=O) groups is 2. The number of esters is 1. The first-order valence-electron chi connectivity index (χ1n) is 9.92. The quantitative estimate of drug-likeness (QED) is 0.709. The van der Waals surface area contributed by atoms with E-state index in [0.717, 1.165) is 19.6 Å². The van der Waals surface area contributed by atoms with Crippen LogP contribution in [0.3, 0.4) is 0 Å². The Hall–Kier alpha value is -1.96. The highest BCUT2D eigenvalue weighted by atomic mass is 16.5. The van der Waals surface area contributed by atoms with E-state index in [2.05, 4.69) is 22.3 Å². The molecule has 1 unspecified atom stereocenters. The molecule has 0 saturated carbocycles. The van der Waals surface area contributed by atoms with E-state index in [9.17, 15) is 9.59 Å². The second kappa shape index (κ2) is 10.0. The van der Waals surface area contributed by atoms with Gasteiger partial charge in [-0.2, -0.15) is 0 Å². The number of ether oxygens (including phenoxy) is 3. The van der Waals surface area contributed by atoms with Gasteiger partial charge in [-0.25, -0.2) is 0 Å². The summed E-state index contributed by atoms with van der Waals surface area (Å²) in [6, 6.07) is 10.3. The molecule has 3 rings (SSSR count). The first-order valence-corrected chi connectivity index (χ1v) is 9.92. The molecule has 2 aliphatic heterocycles. The maximum Gasteiger partial charge on any atom is 0.313 e. The van der Waals surface area contributed by atoms with E-state index in [0.29, 0.717) is 39.1 Å². The average molecular weight is 390 g/mol. The molecule has 154 valence electrons. The van der Waals surface area contributed by atoms with Crippen molar-refractivity contribution in [2.75, 3.05) is 46.6 Å². The second-order valence-corrected chi connectivity index (χ2v) is 7.58. The second-order valence-electron chi connectivity index (χ2n) is 7.58. The normalized spacial score (nSPS) is 22.4. The summed E-state index contributed by atoms with van der Waals surface area (Å²) in [5, 5.41) is 2.93. The van der Waals surface area contributed by atoms with Crippen molar-refractivity contribution < 1.29 is 23.8 Å². The van der Waals surface area contributed by atoms with Gasteiger partial charge in [0.15, 0.2) is 0 Å². The van der Waals surface area contributed by atoms with Crippen LogP contribution in [0.4, 0.5) is 0 Å². The molecule has 1 aromatic carbocycles. The van der Waals surface area contributed by atoms with Crippen LogP contribution in [0.1, 0.15) is 24.8 Å². The van der Waals surface area contributed by atoms with Gasteiger partial charge >= 0.3 is 5.97 Å². The van der Waals surface area contributed by atoms with E-state index in [1.807, 2.05) is 18.2 Å². The zero-order valence-corrected chi connectivity index (χ0v) is 16.5. The van der Waals surface area contributed by atoms with Gasteiger partial charge in [0.25, 0.3) is 0 Å². The molecule has 7 heteroatoms. The Labute approximate surface area is 166 Å². The van der Waals surface area contributed by atoms with Gasteiger partial charge < -0.3 is 19.5 Å². The fraction of sp³-hybridized carbons (Fsp3) is 0.619. The van der Waals surface area contributed by atoms with Gasteiger partial charge in [-0.1, -0.05) is 30.3 Å². The number of hydrogen-bond acceptors (Lipinski definition) is 6. The van der Waals surface area contributed by atoms with Gasteiger partial charge in [0.05, 0.1) is 31.7 Å². The molecule has 1 amide bonds. The van der Waals surface area contributed by atoms with Crippen molar-refractivity contribution in [3.8, 4) is 0 Å². The lowest BCUT2D eigenvalue weighted by Gasteiger charge is -2.35. The SMILES string of the molecule is COC(=O)C1(CNC(=O)CC2CN(Cc3ccccc3)CCO2)CCOCC1. The molecular weight excluding hydrogens is 360 g/mol. The highest BCUT2D eigenvalue weighted by Crippen LogP contribution is 2.31. The van der Waals surface area contributed by atoms with Crippen molar-refractivity contribution in [1.29, 1.82) is 0 Å². The van der Waals surface area contributed by atoms with Crippen molar-refractivity contribution in [3.05, 3.63) is 35.9 Å². The Morgan fingerprint density at radius 1 is 1.21 bits per heavy atom. The zero-order chi connectivity index (χ0) is 19.8. The van der Waals surface area contributed by atoms with Crippen LogP contribution in [0.15, 0.2) is 30.3 Å². The maximum absolute atomic E-state index is 12.5. The fourth-order valence-electron chi connectivity index (χ4n) is 3.87. The summed E-state index contributed by atoms with van der Waals surface area (Å²) in [6.45, 7) is 4.34. The molecule has 1 N–H and O–H groups in total. The molecule has 0 bridgehead atoms. The minimum atomic E-state index is -0.685. The number of morpholine rings is 1. The summed E-state index contributed by atoms with van der Waals surface area (Å²) in [7, 11) is 1.39. The first-order chi connectivity index (χ1) is 13.6. The molecule has 1 atom stereocenters. The van der Waals surface area contributed by atoms with Gasteiger partial charge in [0, 0.05) is 39.4 Å². The van der Waals surface area contributed by atoms with Crippen molar-refractivity contribution in [2.45, 2.75) is 31.9 Å². The summed E-state index contributed by atoms with van der Waals surface area (Å²) in [4.78, 5) is 27.0. The van der Waals surface area contributed by atoms with Gasteiger partial charge in [-0.05, 0) is 18.4 Å². The van der Waals surface area contributed by atoms with Crippen LogP contribution < -0.4 is 5.32 Å².